The third-order valence-electron chi connectivity index (χ3n) is 2.75. The van der Waals surface area contributed by atoms with Gasteiger partial charge in [-0.25, -0.2) is 4.98 Å². The van der Waals surface area contributed by atoms with Crippen LogP contribution in [0.15, 0.2) is 24.3 Å². The lowest BCUT2D eigenvalue weighted by atomic mass is 10.3. The molecule has 1 aromatic heterocycles. The van der Waals surface area contributed by atoms with E-state index in [9.17, 15) is 0 Å². The van der Waals surface area contributed by atoms with Crippen molar-refractivity contribution in [3.63, 3.8) is 0 Å². The molecule has 2 aromatic rings. The molecule has 0 spiro atoms. The number of thiazole rings is 1. The molecule has 0 aliphatic carbocycles. The maximum absolute atomic E-state index is 8.83. The Labute approximate surface area is 127 Å². The van der Waals surface area contributed by atoms with E-state index in [1.54, 1.807) is 14.2 Å². The van der Waals surface area contributed by atoms with Crippen LogP contribution in [0.3, 0.4) is 0 Å². The minimum Gasteiger partial charge on any atom is -0.497 e. The van der Waals surface area contributed by atoms with Crippen LogP contribution >= 0.6 is 11.3 Å². The van der Waals surface area contributed by atoms with E-state index in [4.69, 9.17) is 19.5 Å². The first kappa shape index (κ1) is 15.3. The first-order chi connectivity index (χ1) is 10.3. The van der Waals surface area contributed by atoms with E-state index < -0.39 is 0 Å². The number of nitriles is 1. The second-order valence-electron chi connectivity index (χ2n) is 4.21. The van der Waals surface area contributed by atoms with Crippen LogP contribution in [0.4, 0.5) is 0 Å². The first-order valence-corrected chi connectivity index (χ1v) is 7.18. The molecule has 21 heavy (non-hydrogen) atoms. The number of methoxy groups -OCH3 is 2. The van der Waals surface area contributed by atoms with Crippen molar-refractivity contribution in [3.05, 3.63) is 39.8 Å². The molecule has 0 saturated carbocycles. The summed E-state index contributed by atoms with van der Waals surface area (Å²) in [7, 11) is 3.23. The zero-order valence-electron chi connectivity index (χ0n) is 12.0. The monoisotopic (exact) mass is 304 g/mol. The molecule has 0 amide bonds. The minimum absolute atomic E-state index is 0.343. The Morgan fingerprint density at radius 3 is 2.76 bits per heavy atom. The largest absolute Gasteiger partial charge is 0.497 e. The summed E-state index contributed by atoms with van der Waals surface area (Å²) in [5.74, 6) is 1.47. The highest BCUT2D eigenvalue weighted by atomic mass is 32.1. The first-order valence-electron chi connectivity index (χ1n) is 6.37. The molecular weight excluding hydrogens is 288 g/mol. The van der Waals surface area contributed by atoms with Crippen molar-refractivity contribution in [3.8, 4) is 17.6 Å². The molecule has 2 rings (SSSR count). The van der Waals surface area contributed by atoms with E-state index in [1.807, 2.05) is 24.3 Å². The van der Waals surface area contributed by atoms with Gasteiger partial charge in [0.15, 0.2) is 0 Å². The molecule has 0 aliphatic heterocycles. The number of benzene rings is 1. The zero-order chi connectivity index (χ0) is 15.1. The number of nitrogens with zero attached hydrogens (tertiary/aromatic N) is 2. The lowest BCUT2D eigenvalue weighted by Gasteiger charge is -2.05. The fraction of sp³-hybridized carbons (Fsp3) is 0.333. The molecule has 0 aliphatic rings. The standard InChI is InChI=1S/C15H16N2O3S/c1-18-9-13-14(6-7-16)21-15(17-13)10-20-12-5-3-4-11(8-12)19-2/h3-5,8H,6,9-10H2,1-2H3. The fourth-order valence-corrected chi connectivity index (χ4v) is 2.71. The molecule has 0 unspecified atom stereocenters. The van der Waals surface area contributed by atoms with Crippen LogP contribution in [0.25, 0.3) is 0 Å². The van der Waals surface area contributed by atoms with Crippen LogP contribution in [0.1, 0.15) is 15.6 Å². The molecule has 0 atom stereocenters. The minimum atomic E-state index is 0.343. The molecular formula is C15H16N2O3S. The van der Waals surface area contributed by atoms with Crippen molar-refractivity contribution >= 4 is 11.3 Å². The molecule has 110 valence electrons. The summed E-state index contributed by atoms with van der Waals surface area (Å²) in [6.07, 6.45) is 0.343. The van der Waals surface area contributed by atoms with Crippen LogP contribution in [0.5, 0.6) is 11.5 Å². The third kappa shape index (κ3) is 4.18. The molecule has 0 N–H and O–H groups in total. The van der Waals surface area contributed by atoms with Crippen LogP contribution in [0, 0.1) is 11.3 Å². The molecule has 0 fully saturated rings. The van der Waals surface area contributed by atoms with Gasteiger partial charge in [0, 0.05) is 18.1 Å². The van der Waals surface area contributed by atoms with E-state index in [-0.39, 0.29) is 0 Å². The average Bonchev–Trinajstić information content (AvgIpc) is 2.88. The van der Waals surface area contributed by atoms with Crippen molar-refractivity contribution < 1.29 is 14.2 Å². The summed E-state index contributed by atoms with van der Waals surface area (Å²) in [5.41, 5.74) is 0.813. The SMILES string of the molecule is COCc1nc(COc2cccc(OC)c2)sc1CC#N. The summed E-state index contributed by atoms with van der Waals surface area (Å²) >= 11 is 1.48. The number of hydrogen-bond donors (Lipinski definition) is 0. The van der Waals surface area contributed by atoms with Crippen molar-refractivity contribution in [1.29, 1.82) is 5.26 Å². The molecule has 1 aromatic carbocycles. The van der Waals surface area contributed by atoms with Gasteiger partial charge >= 0.3 is 0 Å². The highest BCUT2D eigenvalue weighted by molar-refractivity contribution is 7.11. The van der Waals surface area contributed by atoms with Crippen molar-refractivity contribution in [2.75, 3.05) is 14.2 Å². The molecule has 6 heteroatoms. The molecule has 0 bridgehead atoms. The Kier molecular flexibility index (Phi) is 5.55. The summed E-state index contributed by atoms with van der Waals surface area (Å²) in [6.45, 7) is 0.770. The molecule has 1 heterocycles. The van der Waals surface area contributed by atoms with Gasteiger partial charge in [0.25, 0.3) is 0 Å². The third-order valence-corrected chi connectivity index (χ3v) is 3.82. The van der Waals surface area contributed by atoms with E-state index in [1.165, 1.54) is 11.3 Å². The second-order valence-corrected chi connectivity index (χ2v) is 5.38. The number of rotatable bonds is 7. The molecule has 0 saturated heterocycles. The number of hydrogen-bond acceptors (Lipinski definition) is 6. The van der Waals surface area contributed by atoms with Gasteiger partial charge in [-0.15, -0.1) is 11.3 Å². The van der Waals surface area contributed by atoms with Gasteiger partial charge in [-0.1, -0.05) is 6.07 Å². The normalized spacial score (nSPS) is 10.1. The van der Waals surface area contributed by atoms with Gasteiger partial charge in [-0.2, -0.15) is 5.26 Å². The Hall–Kier alpha value is -2.10. The van der Waals surface area contributed by atoms with Gasteiger partial charge < -0.3 is 14.2 Å². The number of ether oxygens (including phenoxy) is 3. The highest BCUT2D eigenvalue weighted by Gasteiger charge is 2.11. The Morgan fingerprint density at radius 1 is 1.24 bits per heavy atom. The van der Waals surface area contributed by atoms with Gasteiger partial charge in [-0.05, 0) is 12.1 Å². The van der Waals surface area contributed by atoms with E-state index >= 15 is 0 Å². The van der Waals surface area contributed by atoms with Gasteiger partial charge in [0.05, 0.1) is 31.9 Å². The summed E-state index contributed by atoms with van der Waals surface area (Å²) < 4.78 is 16.0. The Morgan fingerprint density at radius 2 is 2.05 bits per heavy atom. The second kappa shape index (κ2) is 7.62. The van der Waals surface area contributed by atoms with E-state index in [2.05, 4.69) is 11.1 Å². The van der Waals surface area contributed by atoms with Crippen LogP contribution in [-0.2, 0) is 24.4 Å². The van der Waals surface area contributed by atoms with E-state index in [0.29, 0.717) is 19.6 Å². The Balaban J connectivity index is 2.05. The smallest absolute Gasteiger partial charge is 0.140 e. The Bertz CT molecular complexity index is 634. The van der Waals surface area contributed by atoms with Gasteiger partial charge in [-0.3, -0.25) is 0 Å². The summed E-state index contributed by atoms with van der Waals surface area (Å²) in [4.78, 5) is 5.40. The van der Waals surface area contributed by atoms with Crippen molar-refractivity contribution in [2.24, 2.45) is 0 Å². The fourth-order valence-electron chi connectivity index (χ4n) is 1.79. The highest BCUT2D eigenvalue weighted by Crippen LogP contribution is 2.23. The van der Waals surface area contributed by atoms with Gasteiger partial charge in [0.1, 0.15) is 23.1 Å². The predicted molar refractivity (Wildman–Crippen MR) is 79.5 cm³/mol. The van der Waals surface area contributed by atoms with Crippen molar-refractivity contribution in [1.82, 2.24) is 4.98 Å². The van der Waals surface area contributed by atoms with Crippen LogP contribution in [-0.4, -0.2) is 19.2 Å². The summed E-state index contributed by atoms with van der Waals surface area (Å²) in [6, 6.07) is 9.55. The summed E-state index contributed by atoms with van der Waals surface area (Å²) in [5, 5.41) is 9.66. The van der Waals surface area contributed by atoms with Crippen LogP contribution in [0.2, 0.25) is 0 Å². The van der Waals surface area contributed by atoms with Gasteiger partial charge in [0.2, 0.25) is 0 Å². The van der Waals surface area contributed by atoms with Crippen LogP contribution < -0.4 is 9.47 Å². The maximum Gasteiger partial charge on any atom is 0.140 e. The number of aromatic nitrogens is 1. The van der Waals surface area contributed by atoms with E-state index in [0.717, 1.165) is 27.1 Å². The predicted octanol–water partition coefficient (Wildman–Crippen LogP) is 2.94. The topological polar surface area (TPSA) is 64.4 Å². The lowest BCUT2D eigenvalue weighted by molar-refractivity contribution is 0.181. The lowest BCUT2D eigenvalue weighted by Crippen LogP contribution is -1.97. The van der Waals surface area contributed by atoms with Crippen molar-refractivity contribution in [2.45, 2.75) is 19.6 Å². The molecule has 0 radical (unpaired) electrons. The zero-order valence-corrected chi connectivity index (χ0v) is 12.8. The average molecular weight is 304 g/mol. The quantitative estimate of drug-likeness (QED) is 0.787. The maximum atomic E-state index is 8.83. The molecule has 5 nitrogen and oxygen atoms in total.